The van der Waals surface area contributed by atoms with Crippen LogP contribution in [0.2, 0.25) is 0 Å². The van der Waals surface area contributed by atoms with Gasteiger partial charge in [-0.05, 0) is 116 Å². The van der Waals surface area contributed by atoms with Crippen LogP contribution in [0.25, 0.3) is 0 Å². The van der Waals surface area contributed by atoms with E-state index in [-0.39, 0.29) is 81.5 Å². The first-order valence-electron chi connectivity index (χ1n) is 25.9. The molecule has 6 nitrogen and oxygen atoms in total. The maximum absolute atomic E-state index is 10.2. The van der Waals surface area contributed by atoms with E-state index >= 15 is 0 Å². The average Bonchev–Trinajstić information content (AvgIpc) is 3.22. The molecule has 0 radical (unpaired) electrons. The molecule has 0 atom stereocenters. The second-order valence-electron chi connectivity index (χ2n) is 17.1. The number of rotatable bonds is 45. The molecule has 362 valence electrons. The van der Waals surface area contributed by atoms with Crippen molar-refractivity contribution in [2.45, 2.75) is 290 Å². The van der Waals surface area contributed by atoms with Gasteiger partial charge in [0.05, 0.1) is 0 Å². The molecular weight excluding hydrogens is 1220 g/mol. The maximum Gasteiger partial charge on any atom is 0.0414 e. The van der Waals surface area contributed by atoms with Crippen molar-refractivity contribution in [1.29, 1.82) is 0 Å². The van der Waals surface area contributed by atoms with Gasteiger partial charge in [-0.25, -0.2) is 0 Å². The SMILES string of the molecule is CCCCCCCC/C=C\CCCCCCCC(=O)[O-].CCCCCCCC/C=C\CCCCCCCC(=O)[O-].CCCCCCCC/C=C\CCCCCCCC(=O)[O-].[U].[U]. The van der Waals surface area contributed by atoms with Gasteiger partial charge in [0.1, 0.15) is 0 Å². The second-order valence-corrected chi connectivity index (χ2v) is 17.1. The van der Waals surface area contributed by atoms with Gasteiger partial charge in [0.25, 0.3) is 0 Å². The van der Waals surface area contributed by atoms with Gasteiger partial charge in [0.15, 0.2) is 0 Å². The van der Waals surface area contributed by atoms with Gasteiger partial charge >= 0.3 is 0 Å². The van der Waals surface area contributed by atoms with E-state index in [0.29, 0.717) is 0 Å². The van der Waals surface area contributed by atoms with Crippen LogP contribution in [0, 0.1) is 62.2 Å². The monoisotopic (exact) mass is 1320 g/mol. The zero-order valence-corrected chi connectivity index (χ0v) is 49.4. The molecule has 0 bridgehead atoms. The molecule has 0 rings (SSSR count). The standard InChI is InChI=1S/3C18H34O2.2U/c3*1-2-3-4-5-6-7-8-9-10-11-12-13-14-15-16-17-18(19)20;;/h3*9-10H,2-8,11-17H2,1H3,(H,19,20);;/p-3/b3*10-9-;;. The molecule has 0 aromatic carbocycles. The number of aliphatic carboxylic acids is 3. The number of unbranched alkanes of at least 4 members (excludes halogenated alkanes) is 33. The number of carbonyl (C=O) groups is 3. The molecule has 0 heterocycles. The number of hydrogen-bond acceptors (Lipinski definition) is 6. The van der Waals surface area contributed by atoms with Crippen molar-refractivity contribution in [1.82, 2.24) is 0 Å². The van der Waals surface area contributed by atoms with Gasteiger partial charge in [-0.15, -0.1) is 0 Å². The summed E-state index contributed by atoms with van der Waals surface area (Å²) < 4.78 is 0. The molecule has 0 aliphatic heterocycles. The van der Waals surface area contributed by atoms with E-state index in [0.717, 1.165) is 57.8 Å². The summed E-state index contributed by atoms with van der Waals surface area (Å²) in [5, 5.41) is 30.6. The van der Waals surface area contributed by atoms with Crippen molar-refractivity contribution < 1.29 is 91.9 Å². The van der Waals surface area contributed by atoms with Crippen LogP contribution in [-0.4, -0.2) is 17.9 Å². The van der Waals surface area contributed by atoms with Crippen LogP contribution in [0.3, 0.4) is 0 Å². The Morgan fingerprint density at radius 2 is 0.403 bits per heavy atom. The van der Waals surface area contributed by atoms with Crippen molar-refractivity contribution in [3.05, 3.63) is 36.5 Å². The zero-order valence-electron chi connectivity index (χ0n) is 41.1. The number of carboxylic acid groups (broad SMARTS) is 3. The van der Waals surface area contributed by atoms with Crippen molar-refractivity contribution in [3.8, 4) is 0 Å². The Morgan fingerprint density at radius 1 is 0.258 bits per heavy atom. The third-order valence-electron chi connectivity index (χ3n) is 10.9. The Morgan fingerprint density at radius 3 is 0.565 bits per heavy atom. The van der Waals surface area contributed by atoms with Crippen LogP contribution < -0.4 is 15.3 Å². The van der Waals surface area contributed by atoms with Gasteiger partial charge in [-0.3, -0.25) is 0 Å². The van der Waals surface area contributed by atoms with Crippen LogP contribution in [0.1, 0.15) is 290 Å². The van der Waals surface area contributed by atoms with Gasteiger partial charge in [-0.1, -0.05) is 211 Å². The first-order valence-corrected chi connectivity index (χ1v) is 25.9. The van der Waals surface area contributed by atoms with E-state index in [1.807, 2.05) is 0 Å². The van der Waals surface area contributed by atoms with Crippen molar-refractivity contribution in [3.63, 3.8) is 0 Å². The molecule has 0 aliphatic rings. The van der Waals surface area contributed by atoms with E-state index in [1.165, 1.54) is 193 Å². The summed E-state index contributed by atoms with van der Waals surface area (Å²) in [5.41, 5.74) is 0. The summed E-state index contributed by atoms with van der Waals surface area (Å²) in [7, 11) is 0. The molecule has 0 saturated heterocycles. The van der Waals surface area contributed by atoms with E-state index in [2.05, 4.69) is 57.2 Å². The first-order chi connectivity index (χ1) is 29.3. The smallest absolute Gasteiger partial charge is 0.0414 e. The second kappa shape index (κ2) is 67.3. The van der Waals surface area contributed by atoms with Crippen LogP contribution >= 0.6 is 0 Å². The third-order valence-corrected chi connectivity index (χ3v) is 10.9. The Labute approximate surface area is 433 Å². The predicted octanol–water partition coefficient (Wildman–Crippen LogP) is 14.3. The van der Waals surface area contributed by atoms with Crippen molar-refractivity contribution in [2.24, 2.45) is 0 Å². The topological polar surface area (TPSA) is 120 Å². The fraction of sp³-hybridized carbons (Fsp3) is 0.833. The zero-order chi connectivity index (χ0) is 44.7. The number of carboxylic acids is 3. The van der Waals surface area contributed by atoms with Gasteiger partial charge in [0, 0.05) is 80.1 Å². The number of carbonyl (C=O) groups excluding carboxylic acids is 3. The molecule has 0 unspecified atom stereocenters. The normalized spacial score (nSPS) is 10.9. The molecule has 0 amide bonds. The largest absolute Gasteiger partial charge is 0.550 e. The summed E-state index contributed by atoms with van der Waals surface area (Å²) in [6.45, 7) is 6.77. The molecule has 8 heteroatoms. The quantitative estimate of drug-likeness (QED) is 0.0442. The fourth-order valence-electron chi connectivity index (χ4n) is 7.02. The Balaban J connectivity index is -0.000000258. The van der Waals surface area contributed by atoms with Crippen LogP contribution in [0.15, 0.2) is 36.5 Å². The van der Waals surface area contributed by atoms with E-state index < -0.39 is 17.9 Å². The fourth-order valence-corrected chi connectivity index (χ4v) is 7.02. The van der Waals surface area contributed by atoms with Gasteiger partial charge in [0.2, 0.25) is 0 Å². The summed E-state index contributed by atoms with van der Waals surface area (Å²) >= 11 is 0. The molecule has 62 heavy (non-hydrogen) atoms. The summed E-state index contributed by atoms with van der Waals surface area (Å²) in [6.07, 6.45) is 62.7. The molecule has 0 aromatic rings. The molecule has 0 aromatic heterocycles. The Bertz CT molecular complexity index is 832. The van der Waals surface area contributed by atoms with Gasteiger partial charge in [-0.2, -0.15) is 0 Å². The number of hydrogen-bond donors (Lipinski definition) is 0. The van der Waals surface area contributed by atoms with Crippen molar-refractivity contribution in [2.75, 3.05) is 0 Å². The summed E-state index contributed by atoms with van der Waals surface area (Å²) in [6, 6.07) is 0. The first kappa shape index (κ1) is 70.7. The third kappa shape index (κ3) is 80.1. The van der Waals surface area contributed by atoms with Crippen LogP contribution in [-0.2, 0) is 14.4 Å². The Kier molecular flexibility index (Phi) is 76.8. The maximum atomic E-state index is 10.2. The van der Waals surface area contributed by atoms with Crippen LogP contribution in [0.5, 0.6) is 0 Å². The molecular formula is C54H99O6U2-3. The summed E-state index contributed by atoms with van der Waals surface area (Å²) in [5.74, 6) is -2.74. The predicted molar refractivity (Wildman–Crippen MR) is 253 cm³/mol. The minimum Gasteiger partial charge on any atom is -0.550 e. The van der Waals surface area contributed by atoms with Gasteiger partial charge < -0.3 is 29.7 Å². The van der Waals surface area contributed by atoms with Crippen LogP contribution in [0.4, 0.5) is 0 Å². The molecule has 0 fully saturated rings. The average molecular weight is 1320 g/mol. The number of allylic oxidation sites excluding steroid dienone is 6. The molecule has 0 aliphatic carbocycles. The Hall–Kier alpha value is -0.266. The van der Waals surface area contributed by atoms with E-state index in [9.17, 15) is 29.7 Å². The van der Waals surface area contributed by atoms with E-state index in [4.69, 9.17) is 0 Å². The minimum absolute atomic E-state index is 0. The molecule has 0 saturated carbocycles. The minimum atomic E-state index is -0.914. The molecule has 0 spiro atoms. The van der Waals surface area contributed by atoms with E-state index in [1.54, 1.807) is 0 Å². The molecule has 0 N–H and O–H groups in total. The summed E-state index contributed by atoms with van der Waals surface area (Å²) in [4.78, 5) is 30.6. The van der Waals surface area contributed by atoms with Crippen molar-refractivity contribution >= 4 is 17.9 Å².